The van der Waals surface area contributed by atoms with Crippen LogP contribution in [-0.4, -0.2) is 42.9 Å². The first-order valence-electron chi connectivity index (χ1n) is 8.33. The molecular formula is C20H23F3N2O. The lowest BCUT2D eigenvalue weighted by Crippen LogP contribution is -2.36. The summed E-state index contributed by atoms with van der Waals surface area (Å²) >= 11 is 0. The summed E-state index contributed by atoms with van der Waals surface area (Å²) < 4.78 is 38.8. The molecule has 0 aromatic heterocycles. The molecular weight excluding hydrogens is 341 g/mol. The molecule has 0 spiro atoms. The third kappa shape index (κ3) is 5.59. The molecule has 0 heterocycles. The number of rotatable bonds is 6. The lowest BCUT2D eigenvalue weighted by atomic mass is 10.1. The predicted octanol–water partition coefficient (Wildman–Crippen LogP) is 4.22. The maximum absolute atomic E-state index is 12.9. The Balaban J connectivity index is 2.26. The van der Waals surface area contributed by atoms with Gasteiger partial charge < -0.3 is 9.80 Å². The molecule has 0 atom stereocenters. The Morgan fingerprint density at radius 3 is 2.31 bits per heavy atom. The van der Waals surface area contributed by atoms with Crippen LogP contribution in [0.5, 0.6) is 0 Å². The van der Waals surface area contributed by atoms with Crippen molar-refractivity contribution in [3.8, 4) is 0 Å². The Bertz CT molecular complexity index is 757. The minimum atomic E-state index is -4.40. The van der Waals surface area contributed by atoms with Gasteiger partial charge >= 0.3 is 6.18 Å². The SMILES string of the molecule is Cc1cccc(C(=O)N(CCN(C)C)Cc2cccc(C(F)(F)F)c2)c1. The third-order valence-electron chi connectivity index (χ3n) is 4.00. The Morgan fingerprint density at radius 1 is 1.00 bits per heavy atom. The number of carbonyl (C=O) groups excluding carboxylic acids is 1. The van der Waals surface area contributed by atoms with E-state index < -0.39 is 11.7 Å². The van der Waals surface area contributed by atoms with Crippen LogP contribution in [0.2, 0.25) is 0 Å². The minimum absolute atomic E-state index is 0.129. The highest BCUT2D eigenvalue weighted by Gasteiger charge is 2.30. The fraction of sp³-hybridized carbons (Fsp3) is 0.350. The Hall–Kier alpha value is -2.34. The monoisotopic (exact) mass is 364 g/mol. The summed E-state index contributed by atoms with van der Waals surface area (Å²) in [6.45, 7) is 3.07. The van der Waals surface area contributed by atoms with E-state index in [-0.39, 0.29) is 12.5 Å². The van der Waals surface area contributed by atoms with Crippen molar-refractivity contribution in [2.24, 2.45) is 0 Å². The average molecular weight is 364 g/mol. The fourth-order valence-electron chi connectivity index (χ4n) is 2.60. The standard InChI is InChI=1S/C20H23F3N2O/c1-15-6-4-8-17(12-15)19(26)25(11-10-24(2)3)14-16-7-5-9-18(13-16)20(21,22)23/h4-9,12-13H,10-11,14H2,1-3H3. The average Bonchev–Trinajstić information content (AvgIpc) is 2.57. The molecule has 26 heavy (non-hydrogen) atoms. The largest absolute Gasteiger partial charge is 0.416 e. The smallest absolute Gasteiger partial charge is 0.333 e. The highest BCUT2D eigenvalue weighted by Crippen LogP contribution is 2.29. The van der Waals surface area contributed by atoms with Crippen molar-refractivity contribution >= 4 is 5.91 Å². The van der Waals surface area contributed by atoms with Crippen molar-refractivity contribution in [1.82, 2.24) is 9.80 Å². The fourth-order valence-corrected chi connectivity index (χ4v) is 2.60. The van der Waals surface area contributed by atoms with Crippen LogP contribution < -0.4 is 0 Å². The lowest BCUT2D eigenvalue weighted by molar-refractivity contribution is -0.137. The second-order valence-corrected chi connectivity index (χ2v) is 6.60. The van der Waals surface area contributed by atoms with Gasteiger partial charge in [0.25, 0.3) is 5.91 Å². The zero-order valence-corrected chi connectivity index (χ0v) is 15.2. The molecule has 2 rings (SSSR count). The van der Waals surface area contributed by atoms with Crippen molar-refractivity contribution in [2.75, 3.05) is 27.2 Å². The number of aryl methyl sites for hydroxylation is 1. The number of benzene rings is 2. The molecule has 1 amide bonds. The lowest BCUT2D eigenvalue weighted by Gasteiger charge is -2.25. The molecule has 0 aliphatic carbocycles. The van der Waals surface area contributed by atoms with Gasteiger partial charge in [0.05, 0.1) is 5.56 Å². The van der Waals surface area contributed by atoms with Crippen LogP contribution in [0, 0.1) is 6.92 Å². The van der Waals surface area contributed by atoms with E-state index >= 15 is 0 Å². The molecule has 2 aromatic rings. The van der Waals surface area contributed by atoms with Gasteiger partial charge in [-0.3, -0.25) is 4.79 Å². The zero-order valence-electron chi connectivity index (χ0n) is 15.2. The van der Waals surface area contributed by atoms with Gasteiger partial charge in [-0.15, -0.1) is 0 Å². The van der Waals surface area contributed by atoms with Gasteiger partial charge in [-0.1, -0.05) is 29.8 Å². The topological polar surface area (TPSA) is 23.6 Å². The van der Waals surface area contributed by atoms with Crippen molar-refractivity contribution in [3.63, 3.8) is 0 Å². The second kappa shape index (κ2) is 8.36. The van der Waals surface area contributed by atoms with Crippen LogP contribution in [0.4, 0.5) is 13.2 Å². The molecule has 0 radical (unpaired) electrons. The van der Waals surface area contributed by atoms with Gasteiger partial charge in [-0.25, -0.2) is 0 Å². The predicted molar refractivity (Wildman–Crippen MR) is 95.9 cm³/mol. The molecule has 0 saturated heterocycles. The molecule has 3 nitrogen and oxygen atoms in total. The van der Waals surface area contributed by atoms with Crippen LogP contribution >= 0.6 is 0 Å². The molecule has 0 fully saturated rings. The highest BCUT2D eigenvalue weighted by atomic mass is 19.4. The first-order valence-corrected chi connectivity index (χ1v) is 8.33. The van der Waals surface area contributed by atoms with Crippen LogP contribution in [0.1, 0.15) is 27.0 Å². The maximum atomic E-state index is 12.9. The minimum Gasteiger partial charge on any atom is -0.333 e. The van der Waals surface area contributed by atoms with Gasteiger partial charge in [0.2, 0.25) is 0 Å². The molecule has 0 N–H and O–H groups in total. The van der Waals surface area contributed by atoms with Gasteiger partial charge in [0.1, 0.15) is 0 Å². The van der Waals surface area contributed by atoms with E-state index in [0.29, 0.717) is 24.2 Å². The van der Waals surface area contributed by atoms with Crippen molar-refractivity contribution in [2.45, 2.75) is 19.6 Å². The number of halogens is 3. The Kier molecular flexibility index (Phi) is 6.42. The van der Waals surface area contributed by atoms with E-state index in [0.717, 1.165) is 17.7 Å². The number of amides is 1. The second-order valence-electron chi connectivity index (χ2n) is 6.60. The van der Waals surface area contributed by atoms with Gasteiger partial charge in [-0.2, -0.15) is 13.2 Å². The summed E-state index contributed by atoms with van der Waals surface area (Å²) in [6.07, 6.45) is -4.40. The molecule has 0 unspecified atom stereocenters. The number of carbonyl (C=O) groups is 1. The number of alkyl halides is 3. The van der Waals surface area contributed by atoms with Crippen molar-refractivity contribution in [1.29, 1.82) is 0 Å². The van der Waals surface area contributed by atoms with E-state index in [1.54, 1.807) is 29.2 Å². The summed E-state index contributed by atoms with van der Waals surface area (Å²) in [6, 6.07) is 12.3. The molecule has 6 heteroatoms. The molecule has 140 valence electrons. The van der Waals surface area contributed by atoms with E-state index in [1.165, 1.54) is 6.07 Å². The number of hydrogen-bond donors (Lipinski definition) is 0. The normalized spacial score (nSPS) is 11.7. The molecule has 0 aliphatic heterocycles. The molecule has 0 saturated carbocycles. The van der Waals surface area contributed by atoms with Crippen LogP contribution in [0.25, 0.3) is 0 Å². The Morgan fingerprint density at radius 2 is 1.69 bits per heavy atom. The number of likely N-dealkylation sites (N-methyl/N-ethyl adjacent to an activating group) is 1. The third-order valence-corrected chi connectivity index (χ3v) is 4.00. The van der Waals surface area contributed by atoms with Gasteiger partial charge in [0.15, 0.2) is 0 Å². The van der Waals surface area contributed by atoms with Gasteiger partial charge in [0, 0.05) is 25.2 Å². The summed E-state index contributed by atoms with van der Waals surface area (Å²) in [4.78, 5) is 16.4. The summed E-state index contributed by atoms with van der Waals surface area (Å²) in [5, 5.41) is 0. The molecule has 0 aliphatic rings. The maximum Gasteiger partial charge on any atom is 0.416 e. The van der Waals surface area contributed by atoms with Gasteiger partial charge in [-0.05, 0) is 50.8 Å². The molecule has 2 aromatic carbocycles. The van der Waals surface area contributed by atoms with E-state index in [9.17, 15) is 18.0 Å². The molecule has 0 bridgehead atoms. The van der Waals surface area contributed by atoms with Crippen molar-refractivity contribution in [3.05, 3.63) is 70.8 Å². The number of hydrogen-bond acceptors (Lipinski definition) is 2. The van der Waals surface area contributed by atoms with E-state index in [2.05, 4.69) is 0 Å². The first-order chi connectivity index (χ1) is 12.2. The first kappa shape index (κ1) is 20.0. The van der Waals surface area contributed by atoms with Crippen LogP contribution in [-0.2, 0) is 12.7 Å². The van der Waals surface area contributed by atoms with E-state index in [4.69, 9.17) is 0 Å². The number of nitrogens with zero attached hydrogens (tertiary/aromatic N) is 2. The quantitative estimate of drug-likeness (QED) is 0.766. The van der Waals surface area contributed by atoms with Crippen molar-refractivity contribution < 1.29 is 18.0 Å². The van der Waals surface area contributed by atoms with Crippen LogP contribution in [0.3, 0.4) is 0 Å². The summed E-state index contributed by atoms with van der Waals surface area (Å²) in [7, 11) is 3.78. The highest BCUT2D eigenvalue weighted by molar-refractivity contribution is 5.94. The summed E-state index contributed by atoms with van der Waals surface area (Å²) in [5.41, 5.74) is 1.25. The van der Waals surface area contributed by atoms with Crippen LogP contribution in [0.15, 0.2) is 48.5 Å². The zero-order chi connectivity index (χ0) is 19.3. The van der Waals surface area contributed by atoms with E-state index in [1.807, 2.05) is 32.0 Å². The Labute approximate surface area is 152 Å². The summed E-state index contributed by atoms with van der Waals surface area (Å²) in [5.74, 6) is -0.187.